The molecule has 0 aromatic heterocycles. The maximum Gasteiger partial charge on any atom is 0.230 e. The molecule has 0 fully saturated rings. The van der Waals surface area contributed by atoms with Crippen molar-refractivity contribution in [2.45, 2.75) is 25.8 Å². The predicted molar refractivity (Wildman–Crippen MR) is 92.6 cm³/mol. The molecule has 0 saturated carbocycles. The molecular weight excluding hydrogens is 288 g/mol. The molecule has 2 rings (SSSR count). The molecule has 4 nitrogen and oxygen atoms in total. The van der Waals surface area contributed by atoms with E-state index in [1.165, 1.54) is 5.56 Å². The van der Waals surface area contributed by atoms with Crippen LogP contribution in [0.1, 0.15) is 18.9 Å². The smallest absolute Gasteiger partial charge is 0.230 e. The van der Waals surface area contributed by atoms with Gasteiger partial charge in [-0.25, -0.2) is 0 Å². The van der Waals surface area contributed by atoms with Crippen molar-refractivity contribution in [1.29, 1.82) is 0 Å². The van der Waals surface area contributed by atoms with Crippen molar-refractivity contribution >= 4 is 11.6 Å². The highest BCUT2D eigenvalue weighted by Crippen LogP contribution is 2.11. The summed E-state index contributed by atoms with van der Waals surface area (Å²) in [5, 5.41) is 5.14. The molecule has 0 aliphatic heterocycles. The Bertz CT molecular complexity index is 597. The molecule has 0 aliphatic carbocycles. The van der Waals surface area contributed by atoms with Crippen LogP contribution in [-0.4, -0.2) is 25.6 Å². The van der Waals surface area contributed by atoms with E-state index in [9.17, 15) is 4.79 Å². The largest absolute Gasteiger partial charge is 0.497 e. The van der Waals surface area contributed by atoms with Crippen LogP contribution in [0.4, 0.5) is 5.69 Å². The summed E-state index contributed by atoms with van der Waals surface area (Å²) in [6.45, 7) is 3.05. The highest BCUT2D eigenvalue weighted by atomic mass is 16.5. The van der Waals surface area contributed by atoms with Crippen LogP contribution in [0.2, 0.25) is 0 Å². The number of rotatable bonds is 8. The Balaban J connectivity index is 1.68. The quantitative estimate of drug-likeness (QED) is 0.785. The first-order chi connectivity index (χ1) is 11.2. The molecule has 1 atom stereocenters. The zero-order chi connectivity index (χ0) is 16.5. The number of nitrogens with one attached hydrogen (secondary N) is 1. The van der Waals surface area contributed by atoms with Crippen LogP contribution >= 0.6 is 0 Å². The molecule has 2 aromatic rings. The lowest BCUT2D eigenvalue weighted by atomic mass is 10.1. The maximum absolute atomic E-state index is 12.0. The van der Waals surface area contributed by atoms with Gasteiger partial charge in [0.15, 0.2) is 0 Å². The van der Waals surface area contributed by atoms with Crippen molar-refractivity contribution in [3.63, 3.8) is 0 Å². The van der Waals surface area contributed by atoms with Crippen LogP contribution in [0, 0.1) is 0 Å². The minimum atomic E-state index is 0.0596. The van der Waals surface area contributed by atoms with Gasteiger partial charge in [-0.05, 0) is 36.8 Å². The topological polar surface area (TPSA) is 54.9 Å². The van der Waals surface area contributed by atoms with E-state index in [0.29, 0.717) is 6.42 Å². The fraction of sp³-hybridized carbons (Fsp3) is 0.316. The SMILES string of the molecule is COc1ccc(CC[NH2+][C@H](C)CC(=O)Nc2ccccc2)cc1. The van der Waals surface area contributed by atoms with Gasteiger partial charge in [-0.1, -0.05) is 30.3 Å². The summed E-state index contributed by atoms with van der Waals surface area (Å²) in [5.41, 5.74) is 2.13. The van der Waals surface area contributed by atoms with Gasteiger partial charge in [-0.2, -0.15) is 0 Å². The predicted octanol–water partition coefficient (Wildman–Crippen LogP) is 2.22. The van der Waals surface area contributed by atoms with Crippen molar-refractivity contribution in [1.82, 2.24) is 0 Å². The van der Waals surface area contributed by atoms with E-state index in [2.05, 4.69) is 29.7 Å². The molecule has 23 heavy (non-hydrogen) atoms. The average molecular weight is 313 g/mol. The number of hydrogen-bond acceptors (Lipinski definition) is 2. The Labute approximate surface area is 137 Å². The molecule has 3 N–H and O–H groups in total. The number of hydrogen-bond donors (Lipinski definition) is 2. The van der Waals surface area contributed by atoms with Crippen molar-refractivity contribution < 1.29 is 14.8 Å². The van der Waals surface area contributed by atoms with E-state index >= 15 is 0 Å². The summed E-state index contributed by atoms with van der Waals surface area (Å²) < 4.78 is 5.15. The molecule has 0 heterocycles. The van der Waals surface area contributed by atoms with Gasteiger partial charge < -0.3 is 15.4 Å². The van der Waals surface area contributed by atoms with Crippen LogP contribution in [0.3, 0.4) is 0 Å². The molecule has 0 saturated heterocycles. The van der Waals surface area contributed by atoms with Crippen LogP contribution < -0.4 is 15.4 Å². The first-order valence-corrected chi connectivity index (χ1v) is 7.98. The Hall–Kier alpha value is -2.33. The van der Waals surface area contributed by atoms with Gasteiger partial charge in [0, 0.05) is 12.1 Å². The molecular formula is C19H25N2O2+. The molecule has 0 unspecified atom stereocenters. The Morgan fingerprint density at radius 3 is 2.48 bits per heavy atom. The highest BCUT2D eigenvalue weighted by Gasteiger charge is 2.11. The Morgan fingerprint density at radius 1 is 1.13 bits per heavy atom. The second-order valence-corrected chi connectivity index (χ2v) is 5.72. The summed E-state index contributed by atoms with van der Waals surface area (Å²) in [6.07, 6.45) is 1.49. The van der Waals surface area contributed by atoms with E-state index in [4.69, 9.17) is 4.74 Å². The fourth-order valence-corrected chi connectivity index (χ4v) is 2.44. The van der Waals surface area contributed by atoms with Crippen LogP contribution in [-0.2, 0) is 11.2 Å². The number of ether oxygens (including phenoxy) is 1. The normalized spacial score (nSPS) is 11.7. The molecule has 1 amide bonds. The summed E-state index contributed by atoms with van der Waals surface area (Å²) in [6, 6.07) is 17.9. The average Bonchev–Trinajstić information content (AvgIpc) is 2.56. The minimum Gasteiger partial charge on any atom is -0.497 e. The monoisotopic (exact) mass is 313 g/mol. The van der Waals surface area contributed by atoms with Crippen LogP contribution in [0.5, 0.6) is 5.75 Å². The third kappa shape index (κ3) is 6.12. The van der Waals surface area contributed by atoms with E-state index in [1.54, 1.807) is 7.11 Å². The van der Waals surface area contributed by atoms with Gasteiger partial charge in [0.1, 0.15) is 5.75 Å². The van der Waals surface area contributed by atoms with E-state index < -0.39 is 0 Å². The molecule has 2 aromatic carbocycles. The highest BCUT2D eigenvalue weighted by molar-refractivity contribution is 5.90. The lowest BCUT2D eigenvalue weighted by molar-refractivity contribution is -0.684. The number of quaternary nitrogens is 1. The molecule has 0 bridgehead atoms. The van der Waals surface area contributed by atoms with Crippen LogP contribution in [0.25, 0.3) is 0 Å². The number of benzene rings is 2. The third-order valence-corrected chi connectivity index (χ3v) is 3.73. The minimum absolute atomic E-state index is 0.0596. The number of carbonyl (C=O) groups is 1. The van der Waals surface area contributed by atoms with E-state index in [-0.39, 0.29) is 11.9 Å². The zero-order valence-electron chi connectivity index (χ0n) is 13.8. The standard InChI is InChI=1S/C19H24N2O2/c1-15(14-19(22)21-17-6-4-3-5-7-17)20-13-12-16-8-10-18(23-2)11-9-16/h3-11,15,20H,12-14H2,1-2H3,(H,21,22)/p+1/t15-/m1/s1. The Morgan fingerprint density at radius 2 is 1.83 bits per heavy atom. The summed E-state index contributed by atoms with van der Waals surface area (Å²) >= 11 is 0. The van der Waals surface area contributed by atoms with E-state index in [1.807, 2.05) is 42.5 Å². The summed E-state index contributed by atoms with van der Waals surface area (Å²) in [4.78, 5) is 12.0. The number of amides is 1. The molecule has 0 radical (unpaired) electrons. The second-order valence-electron chi connectivity index (χ2n) is 5.72. The number of methoxy groups -OCH3 is 1. The lowest BCUT2D eigenvalue weighted by Gasteiger charge is -2.11. The van der Waals surface area contributed by atoms with Gasteiger partial charge in [0.05, 0.1) is 26.1 Å². The molecule has 0 spiro atoms. The number of para-hydroxylation sites is 1. The van der Waals surface area contributed by atoms with Gasteiger partial charge in [0.25, 0.3) is 0 Å². The van der Waals surface area contributed by atoms with Crippen molar-refractivity contribution in [3.8, 4) is 5.75 Å². The maximum atomic E-state index is 12.0. The number of anilines is 1. The fourth-order valence-electron chi connectivity index (χ4n) is 2.44. The Kier molecular flexibility index (Phi) is 6.63. The first kappa shape index (κ1) is 17.0. The van der Waals surface area contributed by atoms with Gasteiger partial charge >= 0.3 is 0 Å². The van der Waals surface area contributed by atoms with Gasteiger partial charge in [0.2, 0.25) is 5.91 Å². The molecule has 4 heteroatoms. The zero-order valence-corrected chi connectivity index (χ0v) is 13.8. The molecule has 122 valence electrons. The van der Waals surface area contributed by atoms with Crippen molar-refractivity contribution in [3.05, 3.63) is 60.2 Å². The lowest BCUT2D eigenvalue weighted by Crippen LogP contribution is -2.90. The second kappa shape index (κ2) is 8.96. The van der Waals surface area contributed by atoms with Crippen molar-refractivity contribution in [2.75, 3.05) is 19.0 Å². The van der Waals surface area contributed by atoms with Gasteiger partial charge in [-0.3, -0.25) is 4.79 Å². The van der Waals surface area contributed by atoms with Crippen molar-refractivity contribution in [2.24, 2.45) is 0 Å². The summed E-state index contributed by atoms with van der Waals surface area (Å²) in [5.74, 6) is 0.938. The van der Waals surface area contributed by atoms with Crippen LogP contribution in [0.15, 0.2) is 54.6 Å². The first-order valence-electron chi connectivity index (χ1n) is 7.98. The van der Waals surface area contributed by atoms with E-state index in [0.717, 1.165) is 24.4 Å². The summed E-state index contributed by atoms with van der Waals surface area (Å²) in [7, 11) is 1.67. The molecule has 0 aliphatic rings. The number of carbonyl (C=O) groups excluding carboxylic acids is 1. The van der Waals surface area contributed by atoms with Gasteiger partial charge in [-0.15, -0.1) is 0 Å². The third-order valence-electron chi connectivity index (χ3n) is 3.73. The number of nitrogens with two attached hydrogens (primary N) is 1.